The van der Waals surface area contributed by atoms with Crippen molar-refractivity contribution in [1.29, 1.82) is 0 Å². The molecule has 0 aliphatic heterocycles. The Morgan fingerprint density at radius 3 is 2.58 bits per heavy atom. The average Bonchev–Trinajstić information content (AvgIpc) is 2.02. The molecule has 0 saturated heterocycles. The van der Waals surface area contributed by atoms with E-state index in [-0.39, 0.29) is 24.6 Å². The SMILES string of the molecule is N[C@@H](CS)C(=O)NCCC(=O)O. The molecular formula is C6H12N2O3S. The highest BCUT2D eigenvalue weighted by Gasteiger charge is 2.10. The molecule has 0 saturated carbocycles. The highest BCUT2D eigenvalue weighted by Crippen LogP contribution is 1.83. The smallest absolute Gasteiger partial charge is 0.305 e. The van der Waals surface area contributed by atoms with Gasteiger partial charge in [0.15, 0.2) is 0 Å². The number of thiol groups is 1. The van der Waals surface area contributed by atoms with E-state index in [2.05, 4.69) is 17.9 Å². The Morgan fingerprint density at radius 1 is 1.58 bits per heavy atom. The van der Waals surface area contributed by atoms with Crippen molar-refractivity contribution >= 4 is 24.5 Å². The molecule has 1 atom stereocenters. The number of nitrogens with one attached hydrogen (secondary N) is 1. The number of carboxylic acid groups (broad SMARTS) is 1. The number of amides is 1. The first-order valence-electron chi connectivity index (χ1n) is 3.44. The summed E-state index contributed by atoms with van der Waals surface area (Å²) in [6.45, 7) is 0.107. The van der Waals surface area contributed by atoms with E-state index in [1.165, 1.54) is 0 Å². The highest BCUT2D eigenvalue weighted by molar-refractivity contribution is 7.80. The van der Waals surface area contributed by atoms with E-state index in [1.54, 1.807) is 0 Å². The monoisotopic (exact) mass is 192 g/mol. The fourth-order valence-electron chi connectivity index (χ4n) is 0.507. The molecule has 0 spiro atoms. The van der Waals surface area contributed by atoms with Gasteiger partial charge in [-0.2, -0.15) is 12.6 Å². The molecule has 0 bridgehead atoms. The Hall–Kier alpha value is -0.750. The fourth-order valence-corrected chi connectivity index (χ4v) is 0.672. The minimum Gasteiger partial charge on any atom is -0.481 e. The zero-order chi connectivity index (χ0) is 9.56. The Morgan fingerprint density at radius 2 is 2.17 bits per heavy atom. The lowest BCUT2D eigenvalue weighted by Crippen LogP contribution is -2.42. The zero-order valence-electron chi connectivity index (χ0n) is 6.49. The first-order valence-corrected chi connectivity index (χ1v) is 4.07. The quantitative estimate of drug-likeness (QED) is 0.413. The van der Waals surface area contributed by atoms with Crippen LogP contribution in [-0.2, 0) is 9.59 Å². The summed E-state index contributed by atoms with van der Waals surface area (Å²) in [4.78, 5) is 20.9. The van der Waals surface area contributed by atoms with Gasteiger partial charge in [0.1, 0.15) is 0 Å². The lowest BCUT2D eigenvalue weighted by molar-refractivity contribution is -0.136. The van der Waals surface area contributed by atoms with Crippen molar-refractivity contribution in [3.8, 4) is 0 Å². The Kier molecular flexibility index (Phi) is 5.48. The van der Waals surface area contributed by atoms with Crippen LogP contribution in [-0.4, -0.2) is 35.3 Å². The molecule has 0 fully saturated rings. The maximum atomic E-state index is 10.9. The number of carbonyl (C=O) groups excluding carboxylic acids is 1. The first-order chi connectivity index (χ1) is 5.57. The number of aliphatic carboxylic acids is 1. The predicted octanol–water partition coefficient (Wildman–Crippen LogP) is -1.17. The molecule has 4 N–H and O–H groups in total. The normalized spacial score (nSPS) is 12.2. The van der Waals surface area contributed by atoms with E-state index in [9.17, 15) is 9.59 Å². The minimum absolute atomic E-state index is 0.0922. The number of hydrogen-bond acceptors (Lipinski definition) is 4. The molecule has 6 heteroatoms. The second-order valence-corrected chi connectivity index (χ2v) is 2.59. The number of nitrogens with two attached hydrogens (primary N) is 1. The maximum absolute atomic E-state index is 10.9. The molecule has 0 aromatic rings. The van der Waals surface area contributed by atoms with Crippen LogP contribution in [0.1, 0.15) is 6.42 Å². The van der Waals surface area contributed by atoms with Gasteiger partial charge in [-0.1, -0.05) is 0 Å². The summed E-state index contributed by atoms with van der Waals surface area (Å²) in [5.41, 5.74) is 5.30. The van der Waals surface area contributed by atoms with Gasteiger partial charge in [-0.05, 0) is 0 Å². The molecule has 0 unspecified atom stereocenters. The predicted molar refractivity (Wildman–Crippen MR) is 47.1 cm³/mol. The molecule has 0 rings (SSSR count). The van der Waals surface area contributed by atoms with Gasteiger partial charge >= 0.3 is 5.97 Å². The summed E-state index contributed by atoms with van der Waals surface area (Å²) in [5, 5.41) is 10.6. The van der Waals surface area contributed by atoms with Gasteiger partial charge in [0.2, 0.25) is 5.91 Å². The Balaban J connectivity index is 3.50. The second kappa shape index (κ2) is 5.84. The maximum Gasteiger partial charge on any atom is 0.305 e. The first kappa shape index (κ1) is 11.2. The molecule has 0 aliphatic rings. The third-order valence-electron chi connectivity index (χ3n) is 1.17. The topological polar surface area (TPSA) is 92.4 Å². The van der Waals surface area contributed by atoms with Crippen LogP contribution in [0.2, 0.25) is 0 Å². The van der Waals surface area contributed by atoms with Gasteiger partial charge in [-0.3, -0.25) is 9.59 Å². The molecule has 0 aromatic heterocycles. The largest absolute Gasteiger partial charge is 0.481 e. The lowest BCUT2D eigenvalue weighted by Gasteiger charge is -2.07. The summed E-state index contributed by atoms with van der Waals surface area (Å²) in [5.74, 6) is -1.07. The van der Waals surface area contributed by atoms with E-state index in [0.29, 0.717) is 0 Å². The zero-order valence-corrected chi connectivity index (χ0v) is 7.38. The van der Waals surface area contributed by atoms with Gasteiger partial charge in [0, 0.05) is 12.3 Å². The number of rotatable bonds is 5. The van der Waals surface area contributed by atoms with Crippen molar-refractivity contribution in [3.05, 3.63) is 0 Å². The van der Waals surface area contributed by atoms with Crippen LogP contribution in [0.4, 0.5) is 0 Å². The van der Waals surface area contributed by atoms with Gasteiger partial charge in [0.05, 0.1) is 12.5 Å². The standard InChI is InChI=1S/C6H12N2O3S/c7-4(3-12)6(11)8-2-1-5(9)10/h4,12H,1-3,7H2,(H,8,11)(H,9,10)/t4-/m0/s1. The number of carboxylic acids is 1. The highest BCUT2D eigenvalue weighted by atomic mass is 32.1. The third-order valence-corrected chi connectivity index (χ3v) is 1.56. The summed E-state index contributed by atoms with van der Waals surface area (Å²) >= 11 is 3.82. The van der Waals surface area contributed by atoms with Crippen molar-refractivity contribution in [1.82, 2.24) is 5.32 Å². The summed E-state index contributed by atoms with van der Waals surface area (Å²) in [7, 11) is 0. The van der Waals surface area contributed by atoms with E-state index < -0.39 is 12.0 Å². The Labute approximate surface area is 75.7 Å². The van der Waals surface area contributed by atoms with Crippen LogP contribution in [0.3, 0.4) is 0 Å². The fraction of sp³-hybridized carbons (Fsp3) is 0.667. The molecular weight excluding hydrogens is 180 g/mol. The molecule has 0 heterocycles. The molecule has 0 radical (unpaired) electrons. The molecule has 0 aliphatic carbocycles. The van der Waals surface area contributed by atoms with E-state index in [1.807, 2.05) is 0 Å². The summed E-state index contributed by atoms with van der Waals surface area (Å²) in [6.07, 6.45) is -0.0922. The van der Waals surface area contributed by atoms with E-state index in [4.69, 9.17) is 10.8 Å². The molecule has 12 heavy (non-hydrogen) atoms. The minimum atomic E-state index is -0.949. The molecule has 1 amide bonds. The molecule has 70 valence electrons. The molecule has 0 aromatic carbocycles. The van der Waals surface area contributed by atoms with Crippen molar-refractivity contribution in [2.75, 3.05) is 12.3 Å². The van der Waals surface area contributed by atoms with Crippen molar-refractivity contribution in [2.24, 2.45) is 5.73 Å². The van der Waals surface area contributed by atoms with Crippen LogP contribution in [0, 0.1) is 0 Å². The van der Waals surface area contributed by atoms with Gasteiger partial charge in [0.25, 0.3) is 0 Å². The number of hydrogen-bond donors (Lipinski definition) is 4. The Bertz CT molecular complexity index is 174. The van der Waals surface area contributed by atoms with E-state index in [0.717, 1.165) is 0 Å². The molecule has 5 nitrogen and oxygen atoms in total. The second-order valence-electron chi connectivity index (χ2n) is 2.22. The van der Waals surface area contributed by atoms with Crippen molar-refractivity contribution < 1.29 is 14.7 Å². The van der Waals surface area contributed by atoms with Gasteiger partial charge in [-0.25, -0.2) is 0 Å². The van der Waals surface area contributed by atoms with Crippen molar-refractivity contribution in [3.63, 3.8) is 0 Å². The summed E-state index contributed by atoms with van der Waals surface area (Å²) in [6, 6.07) is -0.665. The van der Waals surface area contributed by atoms with Crippen LogP contribution < -0.4 is 11.1 Å². The van der Waals surface area contributed by atoms with Crippen LogP contribution in [0.15, 0.2) is 0 Å². The average molecular weight is 192 g/mol. The van der Waals surface area contributed by atoms with Crippen LogP contribution >= 0.6 is 12.6 Å². The van der Waals surface area contributed by atoms with Gasteiger partial charge in [-0.15, -0.1) is 0 Å². The van der Waals surface area contributed by atoms with Gasteiger partial charge < -0.3 is 16.2 Å². The lowest BCUT2D eigenvalue weighted by atomic mass is 10.3. The van der Waals surface area contributed by atoms with Crippen molar-refractivity contribution in [2.45, 2.75) is 12.5 Å². The van der Waals surface area contributed by atoms with Crippen LogP contribution in [0.25, 0.3) is 0 Å². The van der Waals surface area contributed by atoms with E-state index >= 15 is 0 Å². The summed E-state index contributed by atoms with van der Waals surface area (Å²) < 4.78 is 0. The third kappa shape index (κ3) is 4.97. The van der Waals surface area contributed by atoms with Crippen LogP contribution in [0.5, 0.6) is 0 Å². The number of carbonyl (C=O) groups is 2.